The van der Waals surface area contributed by atoms with E-state index >= 15 is 0 Å². The molecule has 0 bridgehead atoms. The van der Waals surface area contributed by atoms with Gasteiger partial charge in [-0.15, -0.1) is 0 Å². The normalized spacial score (nSPS) is 18.9. The lowest BCUT2D eigenvalue weighted by Gasteiger charge is -2.35. The molecule has 1 N–H and O–H groups in total. The van der Waals surface area contributed by atoms with Gasteiger partial charge in [0.05, 0.1) is 19.3 Å². The molecular formula is C16H17FN2O2. The van der Waals surface area contributed by atoms with Crippen LogP contribution in [0.25, 0.3) is 10.9 Å². The molecule has 3 rings (SSSR count). The Bertz CT molecular complexity index is 680. The largest absolute Gasteiger partial charge is 0.377 e. The highest BCUT2D eigenvalue weighted by Gasteiger charge is 2.29. The first-order valence-corrected chi connectivity index (χ1v) is 6.95. The van der Waals surface area contributed by atoms with E-state index in [0.717, 1.165) is 16.5 Å². The van der Waals surface area contributed by atoms with Gasteiger partial charge >= 0.3 is 0 Å². The van der Waals surface area contributed by atoms with E-state index in [9.17, 15) is 9.18 Å². The fourth-order valence-electron chi connectivity index (χ4n) is 2.80. The van der Waals surface area contributed by atoms with E-state index in [1.54, 1.807) is 0 Å². The predicted octanol–water partition coefficient (Wildman–Crippen LogP) is 2.42. The van der Waals surface area contributed by atoms with E-state index in [4.69, 9.17) is 4.74 Å². The maximum atomic E-state index is 13.2. The first-order valence-electron chi connectivity index (χ1n) is 6.95. The number of amides is 1. The van der Waals surface area contributed by atoms with Crippen LogP contribution in [-0.4, -0.2) is 41.6 Å². The molecule has 1 aliphatic heterocycles. The summed E-state index contributed by atoms with van der Waals surface area (Å²) in [6, 6.07) is 7.81. The van der Waals surface area contributed by atoms with Crippen molar-refractivity contribution in [2.24, 2.45) is 0 Å². The minimum Gasteiger partial charge on any atom is -0.377 e. The van der Waals surface area contributed by atoms with Crippen LogP contribution in [0.15, 0.2) is 42.9 Å². The van der Waals surface area contributed by atoms with Crippen LogP contribution in [0, 0.1) is 0 Å². The second kappa shape index (κ2) is 5.69. The van der Waals surface area contributed by atoms with Crippen molar-refractivity contribution in [2.75, 3.05) is 19.8 Å². The number of fused-ring (bicyclic) bond motifs is 1. The van der Waals surface area contributed by atoms with Crippen LogP contribution in [0.4, 0.5) is 4.39 Å². The van der Waals surface area contributed by atoms with E-state index in [2.05, 4.69) is 11.6 Å². The summed E-state index contributed by atoms with van der Waals surface area (Å²) >= 11 is 0. The third-order valence-corrected chi connectivity index (χ3v) is 3.85. The Hall–Kier alpha value is -2.14. The minimum atomic E-state index is -0.916. The smallest absolute Gasteiger partial charge is 0.282 e. The molecule has 1 amide bonds. The molecule has 5 heteroatoms. The molecule has 1 aromatic heterocycles. The number of nitrogens with one attached hydrogen (secondary N) is 1. The zero-order chi connectivity index (χ0) is 14.8. The predicted molar refractivity (Wildman–Crippen MR) is 78.6 cm³/mol. The minimum absolute atomic E-state index is 0.169. The number of aromatic amines is 1. The van der Waals surface area contributed by atoms with Crippen LogP contribution < -0.4 is 0 Å². The average Bonchev–Trinajstić information content (AvgIpc) is 2.90. The summed E-state index contributed by atoms with van der Waals surface area (Å²) in [5.74, 6) is -1.55. The van der Waals surface area contributed by atoms with Crippen molar-refractivity contribution in [3.05, 3.63) is 48.4 Å². The van der Waals surface area contributed by atoms with Crippen LogP contribution in [-0.2, 0) is 16.0 Å². The highest BCUT2D eigenvalue weighted by Crippen LogP contribution is 2.22. The monoisotopic (exact) mass is 288 g/mol. The summed E-state index contributed by atoms with van der Waals surface area (Å²) in [4.78, 5) is 16.6. The number of carbonyl (C=O) groups excluding carboxylic acids is 1. The molecule has 0 aliphatic carbocycles. The lowest BCUT2D eigenvalue weighted by Crippen LogP contribution is -2.49. The van der Waals surface area contributed by atoms with E-state index in [1.807, 2.05) is 30.5 Å². The molecule has 1 saturated heterocycles. The first kappa shape index (κ1) is 13.8. The van der Waals surface area contributed by atoms with Gasteiger partial charge in [0.1, 0.15) is 0 Å². The maximum Gasteiger partial charge on any atom is 0.282 e. The van der Waals surface area contributed by atoms with Crippen molar-refractivity contribution in [3.63, 3.8) is 0 Å². The molecule has 110 valence electrons. The molecule has 1 atom stereocenters. The summed E-state index contributed by atoms with van der Waals surface area (Å²) in [5, 5.41) is 1.12. The summed E-state index contributed by atoms with van der Waals surface area (Å²) in [6.45, 7) is 4.35. The number of hydrogen-bond acceptors (Lipinski definition) is 2. The summed E-state index contributed by atoms with van der Waals surface area (Å²) in [5.41, 5.74) is 2.15. The number of ether oxygens (including phenoxy) is 1. The number of aromatic nitrogens is 1. The first-order chi connectivity index (χ1) is 10.2. The molecule has 1 unspecified atom stereocenters. The molecule has 4 nitrogen and oxygen atoms in total. The van der Waals surface area contributed by atoms with Gasteiger partial charge in [-0.25, -0.2) is 4.39 Å². The number of morpholine rings is 1. The van der Waals surface area contributed by atoms with Crippen LogP contribution in [0.2, 0.25) is 0 Å². The van der Waals surface area contributed by atoms with Gasteiger partial charge in [-0.2, -0.15) is 0 Å². The summed E-state index contributed by atoms with van der Waals surface area (Å²) in [6.07, 6.45) is 2.56. The van der Waals surface area contributed by atoms with E-state index in [0.29, 0.717) is 26.2 Å². The standard InChI is InChI=1S/C16H17FN2O2/c1-11(17)16(20)19-6-7-21-10-13(19)8-12-9-18-15-5-3-2-4-14(12)15/h2-5,9,13,18H,1,6-8,10H2. The number of halogens is 1. The molecule has 2 heterocycles. The Balaban J connectivity index is 1.84. The maximum absolute atomic E-state index is 13.2. The van der Waals surface area contributed by atoms with Crippen molar-refractivity contribution < 1.29 is 13.9 Å². The average molecular weight is 288 g/mol. The van der Waals surface area contributed by atoms with Crippen molar-refractivity contribution >= 4 is 16.8 Å². The zero-order valence-corrected chi connectivity index (χ0v) is 11.6. The molecule has 0 saturated carbocycles. The van der Waals surface area contributed by atoms with Gasteiger partial charge in [-0.3, -0.25) is 4.79 Å². The third kappa shape index (κ3) is 2.69. The lowest BCUT2D eigenvalue weighted by molar-refractivity contribution is -0.137. The van der Waals surface area contributed by atoms with Gasteiger partial charge in [0, 0.05) is 23.6 Å². The van der Waals surface area contributed by atoms with Crippen molar-refractivity contribution in [2.45, 2.75) is 12.5 Å². The molecule has 21 heavy (non-hydrogen) atoms. The van der Waals surface area contributed by atoms with Crippen LogP contribution in [0.3, 0.4) is 0 Å². The Morgan fingerprint density at radius 1 is 1.48 bits per heavy atom. The van der Waals surface area contributed by atoms with E-state index in [1.165, 1.54) is 4.90 Å². The number of benzene rings is 1. The number of carbonyl (C=O) groups is 1. The van der Waals surface area contributed by atoms with Gasteiger partial charge in [0.15, 0.2) is 5.83 Å². The topological polar surface area (TPSA) is 45.3 Å². The van der Waals surface area contributed by atoms with E-state index in [-0.39, 0.29) is 6.04 Å². The Morgan fingerprint density at radius 2 is 2.29 bits per heavy atom. The molecular weight excluding hydrogens is 271 g/mol. The fourth-order valence-corrected chi connectivity index (χ4v) is 2.80. The third-order valence-electron chi connectivity index (χ3n) is 3.85. The quantitative estimate of drug-likeness (QED) is 0.882. The second-order valence-corrected chi connectivity index (χ2v) is 5.20. The number of nitrogens with zero attached hydrogens (tertiary/aromatic N) is 1. The molecule has 1 aliphatic rings. The Kier molecular flexibility index (Phi) is 3.75. The number of H-pyrrole nitrogens is 1. The van der Waals surface area contributed by atoms with Gasteiger partial charge in [-0.1, -0.05) is 24.8 Å². The van der Waals surface area contributed by atoms with Gasteiger partial charge in [0.2, 0.25) is 0 Å². The molecule has 1 fully saturated rings. The Labute approximate surface area is 122 Å². The lowest BCUT2D eigenvalue weighted by atomic mass is 10.0. The molecule has 0 spiro atoms. The molecule has 1 aromatic carbocycles. The molecule has 0 radical (unpaired) electrons. The number of rotatable bonds is 3. The molecule has 2 aromatic rings. The fraction of sp³-hybridized carbons (Fsp3) is 0.312. The highest BCUT2D eigenvalue weighted by atomic mass is 19.1. The number of para-hydroxylation sites is 1. The van der Waals surface area contributed by atoms with Crippen molar-refractivity contribution in [1.82, 2.24) is 9.88 Å². The summed E-state index contributed by atoms with van der Waals surface area (Å²) in [7, 11) is 0. The Morgan fingerprint density at radius 3 is 3.10 bits per heavy atom. The van der Waals surface area contributed by atoms with Crippen LogP contribution in [0.5, 0.6) is 0 Å². The van der Waals surface area contributed by atoms with Crippen molar-refractivity contribution in [1.29, 1.82) is 0 Å². The van der Waals surface area contributed by atoms with Crippen molar-refractivity contribution in [3.8, 4) is 0 Å². The zero-order valence-electron chi connectivity index (χ0n) is 11.6. The van der Waals surface area contributed by atoms with Gasteiger partial charge in [-0.05, 0) is 18.1 Å². The second-order valence-electron chi connectivity index (χ2n) is 5.20. The SMILES string of the molecule is C=C(F)C(=O)N1CCOCC1Cc1c[nH]c2ccccc12. The van der Waals surface area contributed by atoms with Crippen LogP contribution in [0.1, 0.15) is 5.56 Å². The highest BCUT2D eigenvalue weighted by molar-refractivity contribution is 5.91. The number of hydrogen-bond donors (Lipinski definition) is 1. The van der Waals surface area contributed by atoms with Gasteiger partial charge in [0.25, 0.3) is 5.91 Å². The van der Waals surface area contributed by atoms with Crippen LogP contribution >= 0.6 is 0 Å². The van der Waals surface area contributed by atoms with E-state index < -0.39 is 11.7 Å². The van der Waals surface area contributed by atoms with Gasteiger partial charge < -0.3 is 14.6 Å². The summed E-state index contributed by atoms with van der Waals surface area (Å²) < 4.78 is 18.6.